The van der Waals surface area contributed by atoms with Crippen LogP contribution in [-0.4, -0.2) is 18.4 Å². The molecular weight excluding hydrogens is 327 g/mol. The number of benzene rings is 1. The average molecular weight is 341 g/mol. The summed E-state index contributed by atoms with van der Waals surface area (Å²) in [6.07, 6.45) is 1.52. The fraction of sp³-hybridized carbons (Fsp3) is 0.200. The van der Waals surface area contributed by atoms with Gasteiger partial charge in [-0.2, -0.15) is 0 Å². The third-order valence-corrected chi connectivity index (χ3v) is 3.46. The van der Waals surface area contributed by atoms with Gasteiger partial charge in [0.05, 0.1) is 23.5 Å². The molecule has 0 spiro atoms. The summed E-state index contributed by atoms with van der Waals surface area (Å²) in [6, 6.07) is 8.22. The lowest BCUT2D eigenvalue weighted by atomic mass is 10.2. The molecule has 22 heavy (non-hydrogen) atoms. The van der Waals surface area contributed by atoms with E-state index in [4.69, 9.17) is 27.6 Å². The number of hydrogen-bond acceptors (Lipinski definition) is 3. The third-order valence-electron chi connectivity index (χ3n) is 2.92. The Morgan fingerprint density at radius 1 is 1.27 bits per heavy atom. The lowest BCUT2D eigenvalue weighted by Crippen LogP contribution is -2.39. The molecule has 2 aromatic rings. The quantitative estimate of drug-likeness (QED) is 0.908. The number of amides is 2. The highest BCUT2D eigenvalue weighted by Crippen LogP contribution is 2.28. The first-order valence-corrected chi connectivity index (χ1v) is 7.25. The van der Waals surface area contributed by atoms with Gasteiger partial charge in [-0.15, -0.1) is 0 Å². The molecule has 0 saturated heterocycles. The molecule has 0 aliphatic carbocycles. The summed E-state index contributed by atoms with van der Waals surface area (Å²) >= 11 is 11.9. The summed E-state index contributed by atoms with van der Waals surface area (Å²) in [5.41, 5.74) is 0.437. The number of anilines is 1. The van der Waals surface area contributed by atoms with Crippen molar-refractivity contribution in [3.8, 4) is 0 Å². The van der Waals surface area contributed by atoms with Gasteiger partial charge in [-0.05, 0) is 30.3 Å². The second kappa shape index (κ2) is 7.33. The zero-order chi connectivity index (χ0) is 16.1. The topological polar surface area (TPSA) is 62.6 Å². The van der Waals surface area contributed by atoms with E-state index in [1.54, 1.807) is 24.3 Å². The Labute approximate surface area is 137 Å². The minimum atomic E-state index is -0.322. The smallest absolute Gasteiger partial charge is 0.240 e. The van der Waals surface area contributed by atoms with Gasteiger partial charge in [0.15, 0.2) is 0 Å². The van der Waals surface area contributed by atoms with Crippen LogP contribution in [0.15, 0.2) is 41.0 Å². The van der Waals surface area contributed by atoms with Crippen molar-refractivity contribution in [3.05, 3.63) is 52.4 Å². The first-order chi connectivity index (χ1) is 10.5. The second-order valence-corrected chi connectivity index (χ2v) is 5.40. The molecule has 0 fully saturated rings. The molecule has 1 aromatic heterocycles. The molecule has 2 rings (SSSR count). The molecule has 0 bridgehead atoms. The van der Waals surface area contributed by atoms with Crippen LogP contribution in [0.3, 0.4) is 0 Å². The van der Waals surface area contributed by atoms with Crippen LogP contribution in [0.4, 0.5) is 5.69 Å². The first-order valence-electron chi connectivity index (χ1n) is 6.49. The molecule has 1 N–H and O–H groups in total. The molecule has 0 radical (unpaired) electrons. The van der Waals surface area contributed by atoms with Crippen LogP contribution in [0.2, 0.25) is 10.0 Å². The fourth-order valence-electron chi connectivity index (χ4n) is 1.86. The van der Waals surface area contributed by atoms with E-state index in [0.29, 0.717) is 21.5 Å². The maximum Gasteiger partial charge on any atom is 0.240 e. The van der Waals surface area contributed by atoms with Crippen LogP contribution in [0.25, 0.3) is 0 Å². The maximum absolute atomic E-state index is 12.0. The maximum atomic E-state index is 12.0. The molecule has 0 saturated carbocycles. The molecular formula is C15H14Cl2N2O3. The molecule has 1 heterocycles. The summed E-state index contributed by atoms with van der Waals surface area (Å²) in [4.78, 5) is 25.1. The lowest BCUT2D eigenvalue weighted by molar-refractivity contribution is -0.123. The van der Waals surface area contributed by atoms with Gasteiger partial charge in [0.2, 0.25) is 11.8 Å². The SMILES string of the molecule is CC(=O)N(CC(=O)NCc1ccco1)c1ccc(Cl)cc1Cl. The van der Waals surface area contributed by atoms with Crippen molar-refractivity contribution < 1.29 is 14.0 Å². The van der Waals surface area contributed by atoms with Crippen LogP contribution in [0.1, 0.15) is 12.7 Å². The Kier molecular flexibility index (Phi) is 5.46. The van der Waals surface area contributed by atoms with Gasteiger partial charge in [-0.25, -0.2) is 0 Å². The van der Waals surface area contributed by atoms with E-state index in [2.05, 4.69) is 5.32 Å². The summed E-state index contributed by atoms with van der Waals surface area (Å²) in [5, 5.41) is 3.44. The number of carbonyl (C=O) groups excluding carboxylic acids is 2. The van der Waals surface area contributed by atoms with Crippen LogP contribution < -0.4 is 10.2 Å². The molecule has 0 aliphatic rings. The second-order valence-electron chi connectivity index (χ2n) is 4.56. The van der Waals surface area contributed by atoms with Crippen LogP contribution in [0.5, 0.6) is 0 Å². The van der Waals surface area contributed by atoms with Crippen molar-refractivity contribution in [2.45, 2.75) is 13.5 Å². The van der Waals surface area contributed by atoms with Gasteiger partial charge in [0.1, 0.15) is 12.3 Å². The van der Waals surface area contributed by atoms with Crippen LogP contribution in [-0.2, 0) is 16.1 Å². The molecule has 0 aliphatic heterocycles. The summed E-state index contributed by atoms with van der Waals surface area (Å²) in [5.74, 6) is 0.0160. The van der Waals surface area contributed by atoms with E-state index in [1.807, 2.05) is 0 Å². The Hall–Kier alpha value is -1.98. The minimum Gasteiger partial charge on any atom is -0.467 e. The van der Waals surface area contributed by atoms with Gasteiger partial charge in [-0.3, -0.25) is 9.59 Å². The van der Waals surface area contributed by atoms with Crippen LogP contribution in [0, 0.1) is 0 Å². The molecule has 0 unspecified atom stereocenters. The number of rotatable bonds is 5. The van der Waals surface area contributed by atoms with Gasteiger partial charge in [0, 0.05) is 11.9 Å². The molecule has 0 atom stereocenters. The summed E-state index contributed by atoms with van der Waals surface area (Å²) in [6.45, 7) is 1.48. The zero-order valence-electron chi connectivity index (χ0n) is 11.8. The molecule has 116 valence electrons. The van der Waals surface area contributed by atoms with E-state index in [0.717, 1.165) is 0 Å². The Balaban J connectivity index is 2.05. The minimum absolute atomic E-state index is 0.141. The highest BCUT2D eigenvalue weighted by molar-refractivity contribution is 6.36. The number of hydrogen-bond donors (Lipinski definition) is 1. The van der Waals surface area contributed by atoms with Crippen molar-refractivity contribution in [2.75, 3.05) is 11.4 Å². The Bertz CT molecular complexity index is 671. The van der Waals surface area contributed by atoms with Crippen molar-refractivity contribution in [1.82, 2.24) is 5.32 Å². The summed E-state index contributed by atoms with van der Waals surface area (Å²) in [7, 11) is 0. The Morgan fingerprint density at radius 3 is 2.64 bits per heavy atom. The predicted octanol–water partition coefficient (Wildman–Crippen LogP) is 3.26. The van der Waals surface area contributed by atoms with Crippen LogP contribution >= 0.6 is 23.2 Å². The number of carbonyl (C=O) groups is 2. The predicted molar refractivity (Wildman–Crippen MR) is 85.0 cm³/mol. The van der Waals surface area contributed by atoms with E-state index < -0.39 is 0 Å². The highest BCUT2D eigenvalue weighted by Gasteiger charge is 2.18. The molecule has 2 amide bonds. The van der Waals surface area contributed by atoms with E-state index in [-0.39, 0.29) is 24.9 Å². The monoisotopic (exact) mass is 340 g/mol. The number of nitrogens with zero attached hydrogens (tertiary/aromatic N) is 1. The number of nitrogens with one attached hydrogen (secondary N) is 1. The van der Waals surface area contributed by atoms with Crippen molar-refractivity contribution in [2.24, 2.45) is 0 Å². The van der Waals surface area contributed by atoms with E-state index in [1.165, 1.54) is 24.2 Å². The number of halogens is 2. The number of furan rings is 1. The van der Waals surface area contributed by atoms with E-state index in [9.17, 15) is 9.59 Å². The van der Waals surface area contributed by atoms with Gasteiger partial charge in [-0.1, -0.05) is 23.2 Å². The van der Waals surface area contributed by atoms with Crippen molar-refractivity contribution >= 4 is 40.7 Å². The van der Waals surface area contributed by atoms with Crippen molar-refractivity contribution in [3.63, 3.8) is 0 Å². The van der Waals surface area contributed by atoms with Gasteiger partial charge < -0.3 is 14.6 Å². The average Bonchev–Trinajstić information content (AvgIpc) is 2.96. The zero-order valence-corrected chi connectivity index (χ0v) is 13.3. The van der Waals surface area contributed by atoms with Crippen molar-refractivity contribution in [1.29, 1.82) is 0 Å². The summed E-state index contributed by atoms with van der Waals surface area (Å²) < 4.78 is 5.12. The Morgan fingerprint density at radius 2 is 2.05 bits per heavy atom. The standard InChI is InChI=1S/C15H14Cl2N2O3/c1-10(20)19(14-5-4-11(16)7-13(14)17)9-15(21)18-8-12-3-2-6-22-12/h2-7H,8-9H2,1H3,(H,18,21). The van der Waals surface area contributed by atoms with Gasteiger partial charge >= 0.3 is 0 Å². The fourth-order valence-corrected chi connectivity index (χ4v) is 2.38. The first kappa shape index (κ1) is 16.4. The molecule has 5 nitrogen and oxygen atoms in total. The highest BCUT2D eigenvalue weighted by atomic mass is 35.5. The van der Waals surface area contributed by atoms with Gasteiger partial charge in [0.25, 0.3) is 0 Å². The van der Waals surface area contributed by atoms with E-state index >= 15 is 0 Å². The molecule has 1 aromatic carbocycles. The normalized spacial score (nSPS) is 10.3. The largest absolute Gasteiger partial charge is 0.467 e. The third kappa shape index (κ3) is 4.26. The molecule has 7 heteroatoms. The lowest BCUT2D eigenvalue weighted by Gasteiger charge is -2.21.